The molecule has 1 rings (SSSR count). The van der Waals surface area contributed by atoms with E-state index in [0.717, 1.165) is 6.54 Å². The molecule has 0 atom stereocenters. The van der Waals surface area contributed by atoms with Crippen LogP contribution in [0.5, 0.6) is 0 Å². The van der Waals surface area contributed by atoms with Crippen molar-refractivity contribution in [2.75, 3.05) is 37.3 Å². The fourth-order valence-corrected chi connectivity index (χ4v) is 2.31. The van der Waals surface area contributed by atoms with E-state index in [-0.39, 0.29) is 12.5 Å². The number of nitrogen functional groups attached to an aromatic ring is 1. The highest BCUT2D eigenvalue weighted by Crippen LogP contribution is 2.32. The van der Waals surface area contributed by atoms with Gasteiger partial charge in [0, 0.05) is 24.5 Å². The summed E-state index contributed by atoms with van der Waals surface area (Å²) in [6.07, 6.45) is 0.298. The van der Waals surface area contributed by atoms with Crippen molar-refractivity contribution in [3.8, 4) is 0 Å². The van der Waals surface area contributed by atoms with E-state index in [2.05, 4.69) is 5.32 Å². The Morgan fingerprint density at radius 2 is 2.10 bits per heavy atom. The van der Waals surface area contributed by atoms with Crippen LogP contribution in [-0.4, -0.2) is 42.2 Å². The van der Waals surface area contributed by atoms with E-state index in [4.69, 9.17) is 34.0 Å². The Labute approximate surface area is 128 Å². The molecule has 0 aromatic heterocycles. The average Bonchev–Trinajstić information content (AvgIpc) is 2.38. The Morgan fingerprint density at radius 1 is 1.40 bits per heavy atom. The van der Waals surface area contributed by atoms with Crippen molar-refractivity contribution in [2.45, 2.75) is 13.3 Å². The van der Waals surface area contributed by atoms with Gasteiger partial charge in [0.1, 0.15) is 0 Å². The number of nitrogens with one attached hydrogen (secondary N) is 1. The minimum atomic E-state index is -0.183. The number of rotatable bonds is 7. The third-order valence-corrected chi connectivity index (χ3v) is 3.38. The third-order valence-electron chi connectivity index (χ3n) is 2.87. The molecule has 0 fully saturated rings. The minimum Gasteiger partial charge on any atom is -0.397 e. The van der Waals surface area contributed by atoms with E-state index < -0.39 is 0 Å². The molecule has 0 unspecified atom stereocenters. The predicted octanol–water partition coefficient (Wildman–Crippen LogP) is 2.22. The molecule has 0 aliphatic carbocycles. The first kappa shape index (κ1) is 17.0. The Balaban J connectivity index is 2.59. The molecule has 0 spiro atoms. The second kappa shape index (κ2) is 8.32. The van der Waals surface area contributed by atoms with Gasteiger partial charge in [0.05, 0.1) is 23.0 Å². The van der Waals surface area contributed by atoms with Crippen LogP contribution < -0.4 is 11.1 Å². The second-order valence-electron chi connectivity index (χ2n) is 4.31. The molecule has 0 radical (unpaired) electrons. The van der Waals surface area contributed by atoms with E-state index in [9.17, 15) is 4.79 Å². The molecule has 7 heteroatoms. The smallest absolute Gasteiger partial charge is 0.225 e. The Hall–Kier alpha value is -1.01. The quantitative estimate of drug-likeness (QED) is 0.673. The summed E-state index contributed by atoms with van der Waals surface area (Å²) in [6, 6.07) is 3.06. The largest absolute Gasteiger partial charge is 0.397 e. The number of hydrogen-bond acceptors (Lipinski definition) is 4. The lowest BCUT2D eigenvalue weighted by Gasteiger charge is -2.18. The molecule has 20 heavy (non-hydrogen) atoms. The maximum absolute atomic E-state index is 11.9. The molecule has 0 bridgehead atoms. The van der Waals surface area contributed by atoms with Gasteiger partial charge in [0.2, 0.25) is 5.91 Å². The number of aliphatic hydroxyl groups excluding tert-OH is 1. The number of halogens is 2. The molecule has 0 saturated heterocycles. The number of benzene rings is 1. The highest BCUT2D eigenvalue weighted by atomic mass is 35.5. The van der Waals surface area contributed by atoms with Crippen LogP contribution in [0.2, 0.25) is 10.0 Å². The molecule has 0 saturated carbocycles. The Morgan fingerprint density at radius 3 is 2.65 bits per heavy atom. The summed E-state index contributed by atoms with van der Waals surface area (Å²) in [7, 11) is 0. The molecule has 1 amide bonds. The molecule has 4 N–H and O–H groups in total. The first-order chi connectivity index (χ1) is 9.47. The average molecular weight is 320 g/mol. The van der Waals surface area contributed by atoms with Gasteiger partial charge in [-0.1, -0.05) is 30.1 Å². The minimum absolute atomic E-state index is 0.0748. The van der Waals surface area contributed by atoms with Gasteiger partial charge in [0.25, 0.3) is 0 Å². The molecule has 112 valence electrons. The zero-order chi connectivity index (χ0) is 15.1. The van der Waals surface area contributed by atoms with Crippen molar-refractivity contribution in [3.63, 3.8) is 0 Å². The molecule has 0 aliphatic rings. The molecular weight excluding hydrogens is 301 g/mol. The van der Waals surface area contributed by atoms with Crippen molar-refractivity contribution in [1.82, 2.24) is 4.90 Å². The van der Waals surface area contributed by atoms with Gasteiger partial charge in [-0.2, -0.15) is 0 Å². The number of anilines is 2. The zero-order valence-electron chi connectivity index (χ0n) is 11.3. The van der Waals surface area contributed by atoms with Crippen molar-refractivity contribution < 1.29 is 9.90 Å². The fraction of sp³-hybridized carbons (Fsp3) is 0.462. The van der Waals surface area contributed by atoms with Gasteiger partial charge >= 0.3 is 0 Å². The first-order valence-corrected chi connectivity index (χ1v) is 7.11. The number of nitrogens with zero attached hydrogens (tertiary/aromatic N) is 1. The Kier molecular flexibility index (Phi) is 7.09. The van der Waals surface area contributed by atoms with Crippen LogP contribution in [0.15, 0.2) is 12.1 Å². The van der Waals surface area contributed by atoms with E-state index in [0.29, 0.717) is 40.9 Å². The van der Waals surface area contributed by atoms with E-state index >= 15 is 0 Å². The van der Waals surface area contributed by atoms with Crippen LogP contribution in [0, 0.1) is 0 Å². The third kappa shape index (κ3) is 5.17. The van der Waals surface area contributed by atoms with Gasteiger partial charge < -0.3 is 21.1 Å². The van der Waals surface area contributed by atoms with Crippen LogP contribution >= 0.6 is 23.2 Å². The number of carbonyl (C=O) groups excluding carboxylic acids is 1. The van der Waals surface area contributed by atoms with Crippen LogP contribution in [0.3, 0.4) is 0 Å². The number of likely N-dealkylation sites (N-methyl/N-ethyl adjacent to an activating group) is 1. The summed E-state index contributed by atoms with van der Waals surface area (Å²) >= 11 is 11.8. The number of hydrogen-bond donors (Lipinski definition) is 3. The summed E-state index contributed by atoms with van der Waals surface area (Å²) in [4.78, 5) is 13.9. The molecule has 0 heterocycles. The lowest BCUT2D eigenvalue weighted by molar-refractivity contribution is -0.116. The lowest BCUT2D eigenvalue weighted by Crippen LogP contribution is -2.30. The number of nitrogens with two attached hydrogens (primary N) is 1. The Bertz CT molecular complexity index is 446. The highest BCUT2D eigenvalue weighted by molar-refractivity contribution is 6.37. The van der Waals surface area contributed by atoms with Crippen molar-refractivity contribution in [2.24, 2.45) is 0 Å². The number of aliphatic hydroxyl groups is 1. The molecule has 5 nitrogen and oxygen atoms in total. The van der Waals surface area contributed by atoms with Crippen LogP contribution in [0.4, 0.5) is 11.4 Å². The van der Waals surface area contributed by atoms with E-state index in [1.54, 1.807) is 0 Å². The molecule has 1 aromatic rings. The van der Waals surface area contributed by atoms with Crippen molar-refractivity contribution in [3.05, 3.63) is 22.2 Å². The topological polar surface area (TPSA) is 78.6 Å². The highest BCUT2D eigenvalue weighted by Gasteiger charge is 2.11. The number of amides is 1. The monoisotopic (exact) mass is 319 g/mol. The fourth-order valence-electron chi connectivity index (χ4n) is 1.76. The maximum Gasteiger partial charge on any atom is 0.225 e. The normalized spacial score (nSPS) is 10.8. The van der Waals surface area contributed by atoms with Gasteiger partial charge in [-0.25, -0.2) is 0 Å². The van der Waals surface area contributed by atoms with Gasteiger partial charge in [-0.05, 0) is 18.7 Å². The van der Waals surface area contributed by atoms with Crippen LogP contribution in [-0.2, 0) is 4.79 Å². The lowest BCUT2D eigenvalue weighted by atomic mass is 10.2. The summed E-state index contributed by atoms with van der Waals surface area (Å²) < 4.78 is 0. The number of carbonyl (C=O) groups is 1. The van der Waals surface area contributed by atoms with Crippen molar-refractivity contribution >= 4 is 40.5 Å². The summed E-state index contributed by atoms with van der Waals surface area (Å²) in [5.74, 6) is -0.183. The first-order valence-electron chi connectivity index (χ1n) is 6.35. The molecule has 1 aromatic carbocycles. The maximum atomic E-state index is 11.9. The molecule has 0 aliphatic heterocycles. The van der Waals surface area contributed by atoms with E-state index in [1.165, 1.54) is 12.1 Å². The summed E-state index contributed by atoms with van der Waals surface area (Å²) in [5.41, 5.74) is 6.49. The van der Waals surface area contributed by atoms with Gasteiger partial charge in [-0.15, -0.1) is 0 Å². The summed E-state index contributed by atoms with van der Waals surface area (Å²) in [5, 5.41) is 12.3. The van der Waals surface area contributed by atoms with Gasteiger partial charge in [0.15, 0.2) is 0 Å². The van der Waals surface area contributed by atoms with Crippen LogP contribution in [0.25, 0.3) is 0 Å². The SMILES string of the molecule is CCN(CCO)CCC(=O)Nc1c(N)cc(Cl)cc1Cl. The molecular formula is C13H19Cl2N3O2. The van der Waals surface area contributed by atoms with Crippen molar-refractivity contribution in [1.29, 1.82) is 0 Å². The van der Waals surface area contributed by atoms with E-state index in [1.807, 2.05) is 11.8 Å². The van der Waals surface area contributed by atoms with Gasteiger partial charge in [-0.3, -0.25) is 4.79 Å². The standard InChI is InChI=1S/C13H19Cl2N3O2/c1-2-18(5-6-19)4-3-12(20)17-13-10(15)7-9(14)8-11(13)16/h7-8,19H,2-6,16H2,1H3,(H,17,20). The predicted molar refractivity (Wildman–Crippen MR) is 83.3 cm³/mol. The van der Waals surface area contributed by atoms with Crippen LogP contribution in [0.1, 0.15) is 13.3 Å². The second-order valence-corrected chi connectivity index (χ2v) is 5.15. The zero-order valence-corrected chi connectivity index (χ0v) is 12.8. The summed E-state index contributed by atoms with van der Waals surface area (Å²) in [6.45, 7) is 3.94.